The van der Waals surface area contributed by atoms with Gasteiger partial charge in [-0.1, -0.05) is 6.07 Å². The number of nitrogens with zero attached hydrogens (tertiary/aromatic N) is 3. The van der Waals surface area contributed by atoms with Gasteiger partial charge < -0.3 is 19.7 Å². The molecule has 2 aromatic heterocycles. The molecule has 1 saturated heterocycles. The minimum absolute atomic E-state index is 0.199. The van der Waals surface area contributed by atoms with Crippen molar-refractivity contribution in [2.45, 2.75) is 0 Å². The Morgan fingerprint density at radius 3 is 2.88 bits per heavy atom. The van der Waals surface area contributed by atoms with Crippen LogP contribution in [0.25, 0.3) is 5.52 Å². The fourth-order valence-corrected chi connectivity index (χ4v) is 2.61. The van der Waals surface area contributed by atoms with Crippen LogP contribution in [-0.2, 0) is 9.47 Å². The highest BCUT2D eigenvalue weighted by molar-refractivity contribution is 6.02. The second kappa shape index (κ2) is 7.41. The summed E-state index contributed by atoms with van der Waals surface area (Å²) in [7, 11) is 1.57. The second-order valence-corrected chi connectivity index (χ2v) is 5.39. The number of nitrogens with one attached hydrogen (secondary N) is 1. The third kappa shape index (κ3) is 3.24. The molecule has 8 nitrogen and oxygen atoms in total. The smallest absolute Gasteiger partial charge is 0.290 e. The molecule has 0 unspecified atom stereocenters. The Morgan fingerprint density at radius 1 is 1.33 bits per heavy atom. The van der Waals surface area contributed by atoms with E-state index in [9.17, 15) is 9.59 Å². The first-order valence-electron chi connectivity index (χ1n) is 7.83. The first kappa shape index (κ1) is 16.4. The van der Waals surface area contributed by atoms with Gasteiger partial charge in [0.15, 0.2) is 5.69 Å². The zero-order valence-electron chi connectivity index (χ0n) is 13.5. The molecule has 1 aliphatic heterocycles. The third-order valence-electron chi connectivity index (χ3n) is 3.84. The van der Waals surface area contributed by atoms with E-state index in [-0.39, 0.29) is 23.3 Å². The summed E-state index contributed by atoms with van der Waals surface area (Å²) in [6.07, 6.45) is 1.74. The van der Waals surface area contributed by atoms with E-state index < -0.39 is 0 Å². The summed E-state index contributed by atoms with van der Waals surface area (Å²) in [6.45, 7) is 2.87. The topological polar surface area (TPSA) is 85.2 Å². The van der Waals surface area contributed by atoms with Crippen molar-refractivity contribution in [3.05, 3.63) is 35.9 Å². The van der Waals surface area contributed by atoms with E-state index in [1.165, 1.54) is 0 Å². The van der Waals surface area contributed by atoms with E-state index in [0.717, 1.165) is 0 Å². The van der Waals surface area contributed by atoms with Crippen molar-refractivity contribution in [1.29, 1.82) is 0 Å². The second-order valence-electron chi connectivity index (χ2n) is 5.39. The van der Waals surface area contributed by atoms with Gasteiger partial charge in [-0.3, -0.25) is 14.0 Å². The normalized spacial score (nSPS) is 14.8. The van der Waals surface area contributed by atoms with E-state index in [4.69, 9.17) is 9.47 Å². The van der Waals surface area contributed by atoms with E-state index >= 15 is 0 Å². The van der Waals surface area contributed by atoms with Gasteiger partial charge in [0.2, 0.25) is 5.82 Å². The molecular formula is C16H20N4O4. The van der Waals surface area contributed by atoms with Gasteiger partial charge >= 0.3 is 0 Å². The summed E-state index contributed by atoms with van der Waals surface area (Å²) in [4.78, 5) is 31.1. The highest BCUT2D eigenvalue weighted by Gasteiger charge is 2.26. The number of carbonyl (C=O) groups is 2. The van der Waals surface area contributed by atoms with Crippen LogP contribution >= 0.6 is 0 Å². The van der Waals surface area contributed by atoms with Crippen LogP contribution in [0, 0.1) is 0 Å². The van der Waals surface area contributed by atoms with Gasteiger partial charge in [-0.05, 0) is 12.1 Å². The number of hydrogen-bond donors (Lipinski definition) is 1. The fourth-order valence-electron chi connectivity index (χ4n) is 2.61. The molecule has 0 saturated carbocycles. The Balaban J connectivity index is 1.91. The summed E-state index contributed by atoms with van der Waals surface area (Å²) in [6, 6.07) is 5.39. The lowest BCUT2D eigenvalue weighted by Crippen LogP contribution is -2.41. The van der Waals surface area contributed by atoms with Gasteiger partial charge in [-0.15, -0.1) is 0 Å². The SMILES string of the molecule is COCCNC(=O)c1nc(C(=O)N2CCOCC2)n2ccccc12. The van der Waals surface area contributed by atoms with Crippen LogP contribution < -0.4 is 5.32 Å². The van der Waals surface area contributed by atoms with E-state index in [1.54, 1.807) is 34.7 Å². The van der Waals surface area contributed by atoms with Gasteiger partial charge in [0.25, 0.3) is 11.8 Å². The molecule has 0 aromatic carbocycles. The van der Waals surface area contributed by atoms with Gasteiger partial charge in [-0.25, -0.2) is 4.98 Å². The average molecular weight is 332 g/mol. The lowest BCUT2D eigenvalue weighted by atomic mass is 10.3. The maximum absolute atomic E-state index is 12.7. The molecule has 8 heteroatoms. The highest BCUT2D eigenvalue weighted by Crippen LogP contribution is 2.15. The lowest BCUT2D eigenvalue weighted by molar-refractivity contribution is 0.0294. The van der Waals surface area contributed by atoms with Crippen LogP contribution in [0.2, 0.25) is 0 Å². The standard InChI is InChI=1S/C16H20N4O4/c1-23-9-5-17-15(21)13-12-4-2-3-6-20(12)14(18-13)16(22)19-7-10-24-11-8-19/h2-4,6H,5,7-11H2,1H3,(H,17,21). The van der Waals surface area contributed by atoms with E-state index in [0.29, 0.717) is 45.0 Å². The summed E-state index contributed by atoms with van der Waals surface area (Å²) in [5, 5.41) is 2.74. The number of ether oxygens (including phenoxy) is 2. The average Bonchev–Trinajstić information content (AvgIpc) is 3.02. The maximum atomic E-state index is 12.7. The van der Waals surface area contributed by atoms with Gasteiger partial charge in [-0.2, -0.15) is 0 Å². The molecule has 0 radical (unpaired) electrons. The summed E-state index contributed by atoms with van der Waals surface area (Å²) in [5.41, 5.74) is 0.840. The van der Waals surface area contributed by atoms with E-state index in [1.807, 2.05) is 6.07 Å². The number of pyridine rings is 1. The fraction of sp³-hybridized carbons (Fsp3) is 0.438. The first-order chi connectivity index (χ1) is 11.7. The number of imidazole rings is 1. The molecule has 128 valence electrons. The predicted molar refractivity (Wildman–Crippen MR) is 86.1 cm³/mol. The quantitative estimate of drug-likeness (QED) is 0.790. The number of rotatable bonds is 5. The van der Waals surface area contributed by atoms with Crippen LogP contribution in [0.15, 0.2) is 24.4 Å². The van der Waals surface area contributed by atoms with Crippen molar-refractivity contribution in [3.8, 4) is 0 Å². The number of hydrogen-bond acceptors (Lipinski definition) is 5. The third-order valence-corrected chi connectivity index (χ3v) is 3.84. The predicted octanol–water partition coefficient (Wildman–Crippen LogP) is 0.183. The molecule has 1 N–H and O–H groups in total. The Labute approximate surface area is 139 Å². The molecule has 1 fully saturated rings. The number of morpholine rings is 1. The summed E-state index contributed by atoms with van der Waals surface area (Å²) >= 11 is 0. The zero-order chi connectivity index (χ0) is 16.9. The summed E-state index contributed by atoms with van der Waals surface area (Å²) in [5.74, 6) is -0.281. The van der Waals surface area contributed by atoms with Gasteiger partial charge in [0.05, 0.1) is 25.3 Å². The van der Waals surface area contributed by atoms with E-state index in [2.05, 4.69) is 10.3 Å². The Kier molecular flexibility index (Phi) is 5.07. The molecule has 1 aliphatic rings. The highest BCUT2D eigenvalue weighted by atomic mass is 16.5. The van der Waals surface area contributed by atoms with Crippen molar-refractivity contribution in [1.82, 2.24) is 19.6 Å². The number of amides is 2. The Hall–Kier alpha value is -2.45. The Bertz CT molecular complexity index is 737. The number of aromatic nitrogens is 2. The van der Waals surface area contributed by atoms with Crippen LogP contribution in [0.3, 0.4) is 0 Å². The van der Waals surface area contributed by atoms with Crippen molar-refractivity contribution >= 4 is 17.3 Å². The minimum Gasteiger partial charge on any atom is -0.383 e. The van der Waals surface area contributed by atoms with Crippen molar-refractivity contribution in [2.24, 2.45) is 0 Å². The zero-order valence-corrected chi connectivity index (χ0v) is 13.5. The molecule has 3 rings (SSSR count). The Morgan fingerprint density at radius 2 is 2.12 bits per heavy atom. The van der Waals surface area contributed by atoms with Crippen molar-refractivity contribution < 1.29 is 19.1 Å². The number of carbonyl (C=O) groups excluding carboxylic acids is 2. The van der Waals surface area contributed by atoms with Crippen LogP contribution in [-0.4, -0.2) is 72.7 Å². The maximum Gasteiger partial charge on any atom is 0.290 e. The summed E-state index contributed by atoms with van der Waals surface area (Å²) < 4.78 is 11.9. The first-order valence-corrected chi connectivity index (χ1v) is 7.83. The van der Waals surface area contributed by atoms with Crippen LogP contribution in [0.1, 0.15) is 21.1 Å². The molecule has 3 heterocycles. The van der Waals surface area contributed by atoms with Gasteiger partial charge in [0, 0.05) is 32.9 Å². The van der Waals surface area contributed by atoms with Crippen LogP contribution in [0.5, 0.6) is 0 Å². The molecule has 0 bridgehead atoms. The molecule has 0 spiro atoms. The monoisotopic (exact) mass is 332 g/mol. The minimum atomic E-state index is -0.322. The molecule has 2 aromatic rings. The number of fused-ring (bicyclic) bond motifs is 1. The lowest BCUT2D eigenvalue weighted by Gasteiger charge is -2.26. The largest absolute Gasteiger partial charge is 0.383 e. The molecule has 0 atom stereocenters. The van der Waals surface area contributed by atoms with Crippen LogP contribution in [0.4, 0.5) is 0 Å². The molecule has 2 amide bonds. The van der Waals surface area contributed by atoms with Gasteiger partial charge in [0.1, 0.15) is 0 Å². The van der Waals surface area contributed by atoms with Crippen molar-refractivity contribution in [2.75, 3.05) is 46.6 Å². The number of methoxy groups -OCH3 is 1. The molecule has 24 heavy (non-hydrogen) atoms. The molecule has 0 aliphatic carbocycles. The molecular weight excluding hydrogens is 312 g/mol. The van der Waals surface area contributed by atoms with Crippen molar-refractivity contribution in [3.63, 3.8) is 0 Å².